The van der Waals surface area contributed by atoms with Crippen LogP contribution in [0.1, 0.15) is 22.8 Å². The Hall–Kier alpha value is -4.09. The first-order valence-corrected chi connectivity index (χ1v) is 12.3. The normalized spacial score (nSPS) is 11.4. The fourth-order valence-corrected chi connectivity index (χ4v) is 5.24. The van der Waals surface area contributed by atoms with E-state index in [2.05, 4.69) is 76.7 Å². The van der Waals surface area contributed by atoms with Gasteiger partial charge in [0.25, 0.3) is 0 Å². The Bertz CT molecular complexity index is 1690. The van der Waals surface area contributed by atoms with Gasteiger partial charge in [-0.25, -0.2) is 4.98 Å². The number of H-pyrrole nitrogens is 1. The number of ketones is 1. The third-order valence-electron chi connectivity index (χ3n) is 6.33. The monoisotopic (exact) mass is 473 g/mol. The standard InChI is InChI=1S/C30H23N3OS/c1-19-3-10-26(11-4-19)35-33-18-28(23-9-12-29-24(15-23)13-14-31-29)27-16-25(17-32-30(27)33)22-7-5-21(6-8-22)20(2)34/h3-18,31H,1-2H3. The van der Waals surface area contributed by atoms with E-state index in [1.807, 2.05) is 36.7 Å². The minimum atomic E-state index is 0.0674. The number of rotatable bonds is 5. The van der Waals surface area contributed by atoms with Crippen molar-refractivity contribution >= 4 is 39.7 Å². The van der Waals surface area contributed by atoms with Crippen LogP contribution in [-0.2, 0) is 0 Å². The summed E-state index contributed by atoms with van der Waals surface area (Å²) in [6, 6.07) is 27.1. The summed E-state index contributed by atoms with van der Waals surface area (Å²) in [5.41, 5.74) is 8.34. The maximum absolute atomic E-state index is 11.7. The first kappa shape index (κ1) is 21.4. The van der Waals surface area contributed by atoms with Crippen molar-refractivity contribution in [3.8, 4) is 22.3 Å². The molecule has 6 rings (SSSR count). The molecule has 3 heterocycles. The summed E-state index contributed by atoms with van der Waals surface area (Å²) in [4.78, 5) is 21.0. The summed E-state index contributed by atoms with van der Waals surface area (Å²) >= 11 is 1.66. The molecule has 0 bridgehead atoms. The van der Waals surface area contributed by atoms with Crippen molar-refractivity contribution < 1.29 is 4.79 Å². The molecular weight excluding hydrogens is 450 g/mol. The third-order valence-corrected chi connectivity index (χ3v) is 7.28. The lowest BCUT2D eigenvalue weighted by Gasteiger charge is -2.06. The molecular formula is C30H23N3OS. The van der Waals surface area contributed by atoms with Crippen molar-refractivity contribution in [2.45, 2.75) is 18.7 Å². The van der Waals surface area contributed by atoms with Crippen molar-refractivity contribution in [2.24, 2.45) is 0 Å². The minimum Gasteiger partial charge on any atom is -0.361 e. The molecule has 3 aromatic carbocycles. The molecule has 0 saturated heterocycles. The van der Waals surface area contributed by atoms with Crippen LogP contribution in [0.3, 0.4) is 0 Å². The summed E-state index contributed by atoms with van der Waals surface area (Å²) in [5.74, 6) is 0.0674. The number of nitrogens with zero attached hydrogens (tertiary/aromatic N) is 2. The maximum Gasteiger partial charge on any atom is 0.159 e. The number of nitrogens with one attached hydrogen (secondary N) is 1. The minimum absolute atomic E-state index is 0.0674. The fraction of sp³-hybridized carbons (Fsp3) is 0.0667. The van der Waals surface area contributed by atoms with Crippen molar-refractivity contribution in [1.29, 1.82) is 0 Å². The number of aryl methyl sites for hydroxylation is 1. The molecule has 0 spiro atoms. The highest BCUT2D eigenvalue weighted by molar-refractivity contribution is 7.98. The molecule has 0 aliphatic heterocycles. The van der Waals surface area contributed by atoms with Crippen LogP contribution in [0.2, 0.25) is 0 Å². The summed E-state index contributed by atoms with van der Waals surface area (Å²) in [5, 5.41) is 2.27. The van der Waals surface area contributed by atoms with Crippen LogP contribution < -0.4 is 0 Å². The predicted octanol–water partition coefficient (Wildman–Crippen LogP) is 7.92. The van der Waals surface area contributed by atoms with Crippen molar-refractivity contribution in [2.75, 3.05) is 0 Å². The Morgan fingerprint density at radius 1 is 0.886 bits per heavy atom. The van der Waals surface area contributed by atoms with E-state index in [1.165, 1.54) is 10.9 Å². The Morgan fingerprint density at radius 2 is 1.66 bits per heavy atom. The molecule has 0 atom stereocenters. The average Bonchev–Trinajstić information content (AvgIpc) is 3.49. The number of fused-ring (bicyclic) bond motifs is 2. The van der Waals surface area contributed by atoms with Gasteiger partial charge in [0.15, 0.2) is 11.4 Å². The molecule has 4 nitrogen and oxygen atoms in total. The van der Waals surface area contributed by atoms with Gasteiger partial charge in [0.05, 0.1) is 0 Å². The molecule has 0 amide bonds. The number of hydrogen-bond acceptors (Lipinski definition) is 3. The molecule has 0 aliphatic rings. The Labute approximate surface area is 207 Å². The summed E-state index contributed by atoms with van der Waals surface area (Å²) in [6.45, 7) is 3.69. The zero-order valence-electron chi connectivity index (χ0n) is 19.4. The van der Waals surface area contributed by atoms with Crippen molar-refractivity contribution in [1.82, 2.24) is 13.9 Å². The first-order valence-electron chi connectivity index (χ1n) is 11.5. The molecule has 3 aromatic heterocycles. The molecule has 0 aliphatic carbocycles. The van der Waals surface area contributed by atoms with Crippen LogP contribution in [0, 0.1) is 6.92 Å². The second-order valence-electron chi connectivity index (χ2n) is 8.78. The lowest BCUT2D eigenvalue weighted by Crippen LogP contribution is -1.91. The van der Waals surface area contributed by atoms with Gasteiger partial charge in [-0.05, 0) is 78.7 Å². The van der Waals surface area contributed by atoms with E-state index in [1.54, 1.807) is 18.9 Å². The van der Waals surface area contributed by atoms with Gasteiger partial charge >= 0.3 is 0 Å². The van der Waals surface area contributed by atoms with Crippen LogP contribution in [0.5, 0.6) is 0 Å². The Balaban J connectivity index is 1.50. The largest absolute Gasteiger partial charge is 0.361 e. The lowest BCUT2D eigenvalue weighted by atomic mass is 10.0. The number of aromatic amines is 1. The number of carbonyl (C=O) groups excluding carboxylic acids is 1. The SMILES string of the molecule is CC(=O)c1ccc(-c2cnc3c(c2)c(-c2ccc4[nH]ccc4c2)cn3Sc2ccc(C)cc2)cc1. The number of aromatic nitrogens is 3. The van der Waals surface area contributed by atoms with Crippen LogP contribution in [0.4, 0.5) is 0 Å². The van der Waals surface area contributed by atoms with Gasteiger partial charge in [0, 0.05) is 51.1 Å². The van der Waals surface area contributed by atoms with Gasteiger partial charge in [-0.2, -0.15) is 0 Å². The highest BCUT2D eigenvalue weighted by Crippen LogP contribution is 2.37. The van der Waals surface area contributed by atoms with Crippen LogP contribution in [-0.4, -0.2) is 19.7 Å². The Kier molecular flexibility index (Phi) is 5.27. The molecule has 170 valence electrons. The maximum atomic E-state index is 11.7. The molecule has 6 aromatic rings. The quantitative estimate of drug-likeness (QED) is 0.259. The van der Waals surface area contributed by atoms with Crippen molar-refractivity contribution in [3.63, 3.8) is 0 Å². The van der Waals surface area contributed by atoms with E-state index in [9.17, 15) is 4.79 Å². The van der Waals surface area contributed by atoms with E-state index in [-0.39, 0.29) is 5.78 Å². The number of hydrogen-bond donors (Lipinski definition) is 1. The highest BCUT2D eigenvalue weighted by Gasteiger charge is 2.15. The molecule has 5 heteroatoms. The number of carbonyl (C=O) groups is 1. The van der Waals surface area contributed by atoms with Crippen LogP contribution in [0.15, 0.2) is 102 Å². The van der Waals surface area contributed by atoms with E-state index in [0.717, 1.165) is 43.7 Å². The summed E-state index contributed by atoms with van der Waals surface area (Å²) < 4.78 is 2.15. The van der Waals surface area contributed by atoms with Crippen LogP contribution >= 0.6 is 11.9 Å². The Morgan fingerprint density at radius 3 is 2.43 bits per heavy atom. The molecule has 0 unspecified atom stereocenters. The molecule has 35 heavy (non-hydrogen) atoms. The number of benzene rings is 3. The van der Waals surface area contributed by atoms with E-state index >= 15 is 0 Å². The smallest absolute Gasteiger partial charge is 0.159 e. The average molecular weight is 474 g/mol. The topological polar surface area (TPSA) is 50.7 Å². The zero-order chi connectivity index (χ0) is 23.9. The summed E-state index contributed by atoms with van der Waals surface area (Å²) in [6.07, 6.45) is 6.06. The highest BCUT2D eigenvalue weighted by atomic mass is 32.2. The van der Waals surface area contributed by atoms with Gasteiger partial charge in [-0.3, -0.25) is 8.77 Å². The predicted molar refractivity (Wildman–Crippen MR) is 145 cm³/mol. The molecule has 0 saturated carbocycles. The van der Waals surface area contributed by atoms with Gasteiger partial charge in [0.2, 0.25) is 0 Å². The van der Waals surface area contributed by atoms with Gasteiger partial charge in [0.1, 0.15) is 0 Å². The second kappa shape index (κ2) is 8.60. The zero-order valence-corrected chi connectivity index (χ0v) is 20.3. The molecule has 0 radical (unpaired) electrons. The number of Topliss-reactive ketones (excluding diaryl/α,β-unsaturated/α-hetero) is 1. The molecule has 0 fully saturated rings. The first-order chi connectivity index (χ1) is 17.0. The van der Waals surface area contributed by atoms with E-state index < -0.39 is 0 Å². The second-order valence-corrected chi connectivity index (χ2v) is 9.83. The fourth-order valence-electron chi connectivity index (χ4n) is 4.37. The van der Waals surface area contributed by atoms with E-state index in [4.69, 9.17) is 4.98 Å². The van der Waals surface area contributed by atoms with Gasteiger partial charge in [-0.1, -0.05) is 48.0 Å². The van der Waals surface area contributed by atoms with Gasteiger partial charge < -0.3 is 4.98 Å². The number of pyridine rings is 1. The van der Waals surface area contributed by atoms with E-state index in [0.29, 0.717) is 5.56 Å². The van der Waals surface area contributed by atoms with Gasteiger partial charge in [-0.15, -0.1) is 0 Å². The lowest BCUT2D eigenvalue weighted by molar-refractivity contribution is 0.101. The van der Waals surface area contributed by atoms with Crippen molar-refractivity contribution in [3.05, 3.63) is 109 Å². The molecule has 1 N–H and O–H groups in total. The summed E-state index contributed by atoms with van der Waals surface area (Å²) in [7, 11) is 0. The third kappa shape index (κ3) is 4.04. The van der Waals surface area contributed by atoms with Crippen LogP contribution in [0.25, 0.3) is 44.2 Å².